The molecule has 0 radical (unpaired) electrons. The van der Waals surface area contributed by atoms with E-state index in [-0.39, 0.29) is 17.9 Å². The van der Waals surface area contributed by atoms with Gasteiger partial charge < -0.3 is 15.4 Å². The Hall–Kier alpha value is -3.19. The second kappa shape index (κ2) is 7.09. The Morgan fingerprint density at radius 1 is 1.29 bits per heavy atom. The van der Waals surface area contributed by atoms with Gasteiger partial charge in [-0.05, 0) is 35.9 Å². The number of fused-ring (bicyclic) bond motifs is 1. The van der Waals surface area contributed by atoms with Crippen LogP contribution in [-0.2, 0) is 11.3 Å². The van der Waals surface area contributed by atoms with Gasteiger partial charge in [-0.25, -0.2) is 9.78 Å². The molecule has 0 spiro atoms. The first kappa shape index (κ1) is 18.2. The summed E-state index contributed by atoms with van der Waals surface area (Å²) in [6.07, 6.45) is 7.08. The molecule has 0 atom stereocenters. The summed E-state index contributed by atoms with van der Waals surface area (Å²) >= 11 is 3.45. The molecule has 3 N–H and O–H groups in total. The molecule has 0 fully saturated rings. The van der Waals surface area contributed by atoms with Crippen LogP contribution in [0.5, 0.6) is 0 Å². The predicted octanol–water partition coefficient (Wildman–Crippen LogP) is 4.04. The molecule has 0 aliphatic heterocycles. The normalized spacial score (nSPS) is 13.8. The molecular formula is C21H16BrN3O3. The second-order valence-corrected chi connectivity index (χ2v) is 7.42. The third-order valence-corrected chi connectivity index (χ3v) is 5.18. The van der Waals surface area contributed by atoms with Crippen LogP contribution in [0.15, 0.2) is 59.2 Å². The molecule has 0 saturated heterocycles. The summed E-state index contributed by atoms with van der Waals surface area (Å²) in [7, 11) is 0. The highest BCUT2D eigenvalue weighted by atomic mass is 79.9. The highest BCUT2D eigenvalue weighted by Crippen LogP contribution is 2.36. The standard InChI is InChI=1S/C21H16BrN3O3/c22-13-5-6-16-15(10-13)19(14-3-1-2-4-17(14)26)20(21(27)28)25(16)11-12-7-8-24-18(23)9-12/h1-3,5-10H,4,11H2,(H2,23,24)(H,27,28). The number of pyridine rings is 1. The average molecular weight is 438 g/mol. The Morgan fingerprint density at radius 3 is 2.82 bits per heavy atom. The topological polar surface area (TPSA) is 98.2 Å². The number of nitrogens with zero attached hydrogens (tertiary/aromatic N) is 2. The van der Waals surface area contributed by atoms with Crippen molar-refractivity contribution in [3.63, 3.8) is 0 Å². The molecule has 3 aromatic rings. The van der Waals surface area contributed by atoms with E-state index < -0.39 is 5.97 Å². The lowest BCUT2D eigenvalue weighted by atomic mass is 9.93. The Balaban J connectivity index is 2.03. The maximum atomic E-state index is 12.6. The number of carboxylic acid groups (broad SMARTS) is 1. The van der Waals surface area contributed by atoms with Gasteiger partial charge in [-0.2, -0.15) is 0 Å². The number of Topliss-reactive ketones (excluding diaryl/α,β-unsaturated/α-hetero) is 1. The smallest absolute Gasteiger partial charge is 0.353 e. The van der Waals surface area contributed by atoms with Crippen LogP contribution in [0.1, 0.15) is 28.0 Å². The Labute approximate surface area is 169 Å². The lowest BCUT2D eigenvalue weighted by Gasteiger charge is -2.11. The molecule has 1 aliphatic rings. The second-order valence-electron chi connectivity index (χ2n) is 6.50. The number of carbonyl (C=O) groups excluding carboxylic acids is 1. The molecular weight excluding hydrogens is 422 g/mol. The number of aromatic nitrogens is 2. The van der Waals surface area contributed by atoms with Crippen LogP contribution < -0.4 is 5.73 Å². The van der Waals surface area contributed by atoms with E-state index in [1.165, 1.54) is 0 Å². The van der Waals surface area contributed by atoms with E-state index in [1.54, 1.807) is 41.1 Å². The largest absolute Gasteiger partial charge is 0.477 e. The van der Waals surface area contributed by atoms with E-state index in [2.05, 4.69) is 20.9 Å². The monoisotopic (exact) mass is 437 g/mol. The minimum absolute atomic E-state index is 0.0818. The van der Waals surface area contributed by atoms with E-state index in [9.17, 15) is 14.7 Å². The number of benzene rings is 1. The Morgan fingerprint density at radius 2 is 2.11 bits per heavy atom. The van der Waals surface area contributed by atoms with Crippen LogP contribution in [0.3, 0.4) is 0 Å². The van der Waals surface area contributed by atoms with Gasteiger partial charge in [0.05, 0.1) is 0 Å². The summed E-state index contributed by atoms with van der Waals surface area (Å²) in [6.45, 7) is 0.295. The van der Waals surface area contributed by atoms with Crippen LogP contribution in [-0.4, -0.2) is 26.4 Å². The molecule has 0 bridgehead atoms. The minimum Gasteiger partial charge on any atom is -0.477 e. The summed E-state index contributed by atoms with van der Waals surface area (Å²) in [6, 6.07) is 9.06. The van der Waals surface area contributed by atoms with E-state index in [1.807, 2.05) is 18.2 Å². The third-order valence-electron chi connectivity index (χ3n) is 4.69. The molecule has 1 aromatic carbocycles. The van der Waals surface area contributed by atoms with E-state index in [4.69, 9.17) is 5.73 Å². The number of carbonyl (C=O) groups is 2. The number of hydrogen-bond acceptors (Lipinski definition) is 4. The van der Waals surface area contributed by atoms with Crippen LogP contribution in [0.2, 0.25) is 0 Å². The van der Waals surface area contributed by atoms with Crippen molar-refractivity contribution in [1.29, 1.82) is 0 Å². The maximum Gasteiger partial charge on any atom is 0.353 e. The molecule has 28 heavy (non-hydrogen) atoms. The van der Waals surface area contributed by atoms with E-state index >= 15 is 0 Å². The fraction of sp³-hybridized carbons (Fsp3) is 0.0952. The lowest BCUT2D eigenvalue weighted by molar-refractivity contribution is -0.113. The molecule has 140 valence electrons. The van der Waals surface area contributed by atoms with Crippen molar-refractivity contribution in [3.05, 3.63) is 76.1 Å². The van der Waals surface area contributed by atoms with E-state index in [0.717, 1.165) is 15.6 Å². The number of carboxylic acids is 1. The molecule has 0 unspecified atom stereocenters. The number of nitrogens with two attached hydrogens (primary N) is 1. The van der Waals surface area contributed by atoms with Gasteiger partial charge in [0.1, 0.15) is 11.5 Å². The maximum absolute atomic E-state index is 12.6. The van der Waals surface area contributed by atoms with Crippen LogP contribution >= 0.6 is 15.9 Å². The van der Waals surface area contributed by atoms with Crippen molar-refractivity contribution < 1.29 is 14.7 Å². The van der Waals surface area contributed by atoms with Gasteiger partial charge in [-0.15, -0.1) is 0 Å². The summed E-state index contributed by atoms with van der Waals surface area (Å²) in [4.78, 5) is 28.8. The number of halogens is 1. The summed E-state index contributed by atoms with van der Waals surface area (Å²) in [5.41, 5.74) is 8.27. The van der Waals surface area contributed by atoms with Gasteiger partial charge in [0, 0.05) is 45.7 Å². The first-order valence-corrected chi connectivity index (χ1v) is 9.41. The zero-order valence-corrected chi connectivity index (χ0v) is 16.3. The number of allylic oxidation sites excluding steroid dienone is 4. The number of rotatable bonds is 4. The van der Waals surface area contributed by atoms with Crippen LogP contribution in [0, 0.1) is 0 Å². The zero-order valence-electron chi connectivity index (χ0n) is 14.7. The predicted molar refractivity (Wildman–Crippen MR) is 111 cm³/mol. The van der Waals surface area contributed by atoms with Crippen molar-refractivity contribution in [3.8, 4) is 0 Å². The van der Waals surface area contributed by atoms with Crippen LogP contribution in [0.4, 0.5) is 5.82 Å². The van der Waals surface area contributed by atoms with E-state index in [0.29, 0.717) is 28.9 Å². The molecule has 4 rings (SSSR count). The van der Waals surface area contributed by atoms with Crippen molar-refractivity contribution in [2.75, 3.05) is 5.73 Å². The molecule has 7 heteroatoms. The van der Waals surface area contributed by atoms with Gasteiger partial charge in [0.15, 0.2) is 5.78 Å². The van der Waals surface area contributed by atoms with Gasteiger partial charge in [0.2, 0.25) is 0 Å². The molecule has 0 saturated carbocycles. The van der Waals surface area contributed by atoms with Crippen molar-refractivity contribution in [2.45, 2.75) is 13.0 Å². The highest BCUT2D eigenvalue weighted by molar-refractivity contribution is 9.10. The molecule has 6 nitrogen and oxygen atoms in total. The molecule has 2 heterocycles. The summed E-state index contributed by atoms with van der Waals surface area (Å²) < 4.78 is 2.52. The van der Waals surface area contributed by atoms with Gasteiger partial charge in [-0.1, -0.05) is 34.2 Å². The Bertz CT molecular complexity index is 1190. The van der Waals surface area contributed by atoms with Gasteiger partial charge in [-0.3, -0.25) is 4.79 Å². The number of anilines is 1. The first-order chi connectivity index (χ1) is 13.5. The zero-order chi connectivity index (χ0) is 19.8. The van der Waals surface area contributed by atoms with Gasteiger partial charge in [0.25, 0.3) is 0 Å². The summed E-state index contributed by atoms with van der Waals surface area (Å²) in [5, 5.41) is 10.8. The van der Waals surface area contributed by atoms with Crippen LogP contribution in [0.25, 0.3) is 16.5 Å². The summed E-state index contributed by atoms with van der Waals surface area (Å²) in [5.74, 6) is -0.825. The highest BCUT2D eigenvalue weighted by Gasteiger charge is 2.28. The van der Waals surface area contributed by atoms with Crippen molar-refractivity contribution in [1.82, 2.24) is 9.55 Å². The number of aromatic carboxylic acids is 1. The fourth-order valence-electron chi connectivity index (χ4n) is 3.53. The van der Waals surface area contributed by atoms with Gasteiger partial charge >= 0.3 is 5.97 Å². The lowest BCUT2D eigenvalue weighted by Crippen LogP contribution is -2.13. The number of ketones is 1. The average Bonchev–Trinajstić information content (AvgIpc) is 2.95. The number of nitrogen functional groups attached to an aromatic ring is 1. The molecule has 0 amide bonds. The molecule has 1 aliphatic carbocycles. The van der Waals surface area contributed by atoms with Crippen molar-refractivity contribution >= 4 is 50.0 Å². The number of hydrogen-bond donors (Lipinski definition) is 2. The third kappa shape index (κ3) is 3.14. The first-order valence-electron chi connectivity index (χ1n) is 8.61. The Kier molecular flexibility index (Phi) is 4.60. The fourth-order valence-corrected chi connectivity index (χ4v) is 3.89. The van der Waals surface area contributed by atoms with Crippen molar-refractivity contribution in [2.24, 2.45) is 0 Å². The molecule has 2 aromatic heterocycles. The SMILES string of the molecule is Nc1cc(Cn2c(C(=O)O)c(C3=CC=CCC3=O)c3cc(Br)ccc32)ccn1. The minimum atomic E-state index is -1.09. The quantitative estimate of drug-likeness (QED) is 0.641.